The Balaban J connectivity index is 1.36. The molecule has 0 spiro atoms. The smallest absolute Gasteiger partial charge is 0.229 e. The van der Waals surface area contributed by atoms with E-state index in [1.165, 1.54) is 16.7 Å². The highest BCUT2D eigenvalue weighted by atomic mass is 16.5. The number of benzene rings is 3. The van der Waals surface area contributed by atoms with Crippen molar-refractivity contribution in [3.8, 4) is 0 Å². The highest BCUT2D eigenvalue weighted by Gasteiger charge is 2.14. The van der Waals surface area contributed by atoms with Gasteiger partial charge in [0.15, 0.2) is 0 Å². The van der Waals surface area contributed by atoms with Crippen LogP contribution in [0.1, 0.15) is 29.0 Å². The van der Waals surface area contributed by atoms with Crippen LogP contribution in [0.2, 0.25) is 0 Å². The lowest BCUT2D eigenvalue weighted by Gasteiger charge is -2.19. The van der Waals surface area contributed by atoms with E-state index in [2.05, 4.69) is 104 Å². The number of nitrogens with zero attached hydrogens (tertiary/aromatic N) is 3. The van der Waals surface area contributed by atoms with Crippen molar-refractivity contribution in [2.45, 2.75) is 18.8 Å². The van der Waals surface area contributed by atoms with Crippen molar-refractivity contribution < 1.29 is 9.47 Å². The second kappa shape index (κ2) is 17.6. The van der Waals surface area contributed by atoms with Crippen molar-refractivity contribution in [1.29, 1.82) is 0 Å². The standard InChI is InChI=1S/C32H41N7O2/c33-18-22-40-24-25-41-23-21-36-32-38-30(34-19-16-26-10-4-1-5-11-26)37-31(39-32)35-20-17-29(27-12-6-2-7-13-27)28-14-8-3-9-15-28/h1-15,29H,16-25,33H2,(H3,34,35,36,37,38,39). The summed E-state index contributed by atoms with van der Waals surface area (Å²) in [5.74, 6) is 1.81. The predicted molar refractivity (Wildman–Crippen MR) is 165 cm³/mol. The molecule has 0 bridgehead atoms. The normalized spacial score (nSPS) is 11.0. The number of aromatic nitrogens is 3. The summed E-state index contributed by atoms with van der Waals surface area (Å²) in [6.07, 6.45) is 1.76. The number of hydrogen-bond donors (Lipinski definition) is 4. The van der Waals surface area contributed by atoms with Crippen molar-refractivity contribution >= 4 is 17.8 Å². The van der Waals surface area contributed by atoms with E-state index in [1.807, 2.05) is 18.2 Å². The van der Waals surface area contributed by atoms with Gasteiger partial charge in [0.05, 0.1) is 26.4 Å². The van der Waals surface area contributed by atoms with E-state index in [0.29, 0.717) is 70.5 Å². The summed E-state index contributed by atoms with van der Waals surface area (Å²) in [6, 6.07) is 31.6. The van der Waals surface area contributed by atoms with Gasteiger partial charge >= 0.3 is 0 Å². The topological polar surface area (TPSA) is 119 Å². The summed E-state index contributed by atoms with van der Waals surface area (Å²) in [5, 5.41) is 10.0. The molecule has 1 aromatic heterocycles. The predicted octanol–water partition coefficient (Wildman–Crippen LogP) is 4.56. The lowest BCUT2D eigenvalue weighted by Crippen LogP contribution is -2.18. The molecule has 1 heterocycles. The fraction of sp³-hybridized carbons (Fsp3) is 0.344. The number of nitrogens with two attached hydrogens (primary N) is 1. The van der Waals surface area contributed by atoms with E-state index in [-0.39, 0.29) is 5.92 Å². The van der Waals surface area contributed by atoms with Crippen molar-refractivity contribution in [2.24, 2.45) is 5.73 Å². The first kappa shape index (κ1) is 29.9. The molecular weight excluding hydrogens is 514 g/mol. The lowest BCUT2D eigenvalue weighted by molar-refractivity contribution is 0.0547. The van der Waals surface area contributed by atoms with E-state index >= 15 is 0 Å². The summed E-state index contributed by atoms with van der Waals surface area (Å²) >= 11 is 0. The van der Waals surface area contributed by atoms with Crippen molar-refractivity contribution in [2.75, 3.05) is 68.6 Å². The number of nitrogens with one attached hydrogen (secondary N) is 3. The average molecular weight is 556 g/mol. The largest absolute Gasteiger partial charge is 0.378 e. The van der Waals surface area contributed by atoms with Crippen LogP contribution in [-0.4, -0.2) is 67.6 Å². The molecule has 5 N–H and O–H groups in total. The SMILES string of the molecule is NCCOCCOCCNc1nc(NCCc2ccccc2)nc(NCCC(c2ccccc2)c2ccccc2)n1. The zero-order valence-electron chi connectivity index (χ0n) is 23.5. The minimum Gasteiger partial charge on any atom is -0.378 e. The summed E-state index contributed by atoms with van der Waals surface area (Å²) in [5.41, 5.74) is 9.26. The Kier molecular flexibility index (Phi) is 12.8. The number of rotatable bonds is 19. The van der Waals surface area contributed by atoms with Gasteiger partial charge in [0.1, 0.15) is 0 Å². The van der Waals surface area contributed by atoms with Crippen LogP contribution in [0.25, 0.3) is 0 Å². The minimum atomic E-state index is 0.263. The van der Waals surface area contributed by atoms with Gasteiger partial charge in [0.2, 0.25) is 17.8 Å². The second-order valence-electron chi connectivity index (χ2n) is 9.50. The van der Waals surface area contributed by atoms with Crippen LogP contribution in [0.15, 0.2) is 91.0 Å². The Labute approximate surface area is 242 Å². The quantitative estimate of drug-likeness (QED) is 0.123. The Morgan fingerprint density at radius 3 is 1.61 bits per heavy atom. The molecule has 216 valence electrons. The molecule has 0 radical (unpaired) electrons. The summed E-state index contributed by atoms with van der Waals surface area (Å²) < 4.78 is 11.0. The van der Waals surface area contributed by atoms with E-state index < -0.39 is 0 Å². The van der Waals surface area contributed by atoms with Gasteiger partial charge in [-0.05, 0) is 29.5 Å². The lowest BCUT2D eigenvalue weighted by atomic mass is 9.88. The Morgan fingerprint density at radius 2 is 1.05 bits per heavy atom. The first-order chi connectivity index (χ1) is 20.3. The molecule has 9 heteroatoms. The van der Waals surface area contributed by atoms with Crippen LogP contribution in [0.4, 0.5) is 17.8 Å². The number of hydrogen-bond acceptors (Lipinski definition) is 9. The van der Waals surface area contributed by atoms with Crippen LogP contribution in [-0.2, 0) is 15.9 Å². The van der Waals surface area contributed by atoms with Crippen LogP contribution in [0, 0.1) is 0 Å². The van der Waals surface area contributed by atoms with Crippen LogP contribution in [0.5, 0.6) is 0 Å². The Bertz CT molecular complexity index is 1210. The van der Waals surface area contributed by atoms with Gasteiger partial charge in [-0.25, -0.2) is 0 Å². The molecule has 0 saturated carbocycles. The van der Waals surface area contributed by atoms with Crippen LogP contribution < -0.4 is 21.7 Å². The fourth-order valence-corrected chi connectivity index (χ4v) is 4.44. The molecule has 0 aliphatic carbocycles. The third-order valence-corrected chi connectivity index (χ3v) is 6.46. The molecule has 3 aromatic carbocycles. The molecule has 0 aliphatic heterocycles. The van der Waals surface area contributed by atoms with Gasteiger partial charge in [-0.1, -0.05) is 91.0 Å². The number of ether oxygens (including phenoxy) is 2. The molecule has 0 unspecified atom stereocenters. The third kappa shape index (κ3) is 10.8. The van der Waals surface area contributed by atoms with Crippen molar-refractivity contribution in [3.05, 3.63) is 108 Å². The van der Waals surface area contributed by atoms with Crippen LogP contribution >= 0.6 is 0 Å². The zero-order valence-corrected chi connectivity index (χ0v) is 23.5. The Hall–Kier alpha value is -4.05. The molecule has 0 saturated heterocycles. The molecule has 4 aromatic rings. The van der Waals surface area contributed by atoms with Gasteiger partial charge in [-0.2, -0.15) is 15.0 Å². The van der Waals surface area contributed by atoms with E-state index in [9.17, 15) is 0 Å². The molecule has 0 aliphatic rings. The first-order valence-corrected chi connectivity index (χ1v) is 14.3. The number of anilines is 3. The van der Waals surface area contributed by atoms with Crippen molar-refractivity contribution in [1.82, 2.24) is 15.0 Å². The maximum absolute atomic E-state index is 5.62. The van der Waals surface area contributed by atoms with E-state index in [4.69, 9.17) is 15.2 Å². The molecule has 0 atom stereocenters. The average Bonchev–Trinajstić information content (AvgIpc) is 3.02. The molecule has 4 rings (SSSR count). The first-order valence-electron chi connectivity index (χ1n) is 14.3. The summed E-state index contributed by atoms with van der Waals surface area (Å²) in [7, 11) is 0. The van der Waals surface area contributed by atoms with Gasteiger partial charge in [-0.15, -0.1) is 0 Å². The highest BCUT2D eigenvalue weighted by molar-refractivity contribution is 5.42. The van der Waals surface area contributed by atoms with E-state index in [1.54, 1.807) is 0 Å². The Morgan fingerprint density at radius 1 is 0.561 bits per heavy atom. The fourth-order valence-electron chi connectivity index (χ4n) is 4.44. The van der Waals surface area contributed by atoms with Gasteiger partial charge < -0.3 is 31.2 Å². The molecule has 9 nitrogen and oxygen atoms in total. The minimum absolute atomic E-state index is 0.263. The molecular formula is C32H41N7O2. The highest BCUT2D eigenvalue weighted by Crippen LogP contribution is 2.27. The van der Waals surface area contributed by atoms with Gasteiger partial charge in [0.25, 0.3) is 0 Å². The van der Waals surface area contributed by atoms with Gasteiger partial charge in [0, 0.05) is 32.1 Å². The van der Waals surface area contributed by atoms with Crippen LogP contribution in [0.3, 0.4) is 0 Å². The second-order valence-corrected chi connectivity index (χ2v) is 9.50. The van der Waals surface area contributed by atoms with E-state index in [0.717, 1.165) is 12.8 Å². The van der Waals surface area contributed by atoms with Gasteiger partial charge in [-0.3, -0.25) is 0 Å². The molecule has 0 fully saturated rings. The summed E-state index contributed by atoms with van der Waals surface area (Å²) in [4.78, 5) is 13.9. The monoisotopic (exact) mass is 555 g/mol. The summed E-state index contributed by atoms with van der Waals surface area (Å²) in [6.45, 7) is 4.58. The molecule has 0 amide bonds. The maximum Gasteiger partial charge on any atom is 0.229 e. The third-order valence-electron chi connectivity index (χ3n) is 6.46. The maximum atomic E-state index is 5.62. The molecule has 41 heavy (non-hydrogen) atoms. The zero-order chi connectivity index (χ0) is 28.4. The van der Waals surface area contributed by atoms with Crippen molar-refractivity contribution in [3.63, 3.8) is 0 Å².